The molecule has 9 heteroatoms. The van der Waals surface area contributed by atoms with Crippen molar-refractivity contribution in [2.24, 2.45) is 12.8 Å². The van der Waals surface area contributed by atoms with Crippen molar-refractivity contribution in [3.8, 4) is 17.0 Å². The third-order valence-corrected chi connectivity index (χ3v) is 3.85. The van der Waals surface area contributed by atoms with Gasteiger partial charge in [-0.3, -0.25) is 14.2 Å². The van der Waals surface area contributed by atoms with Crippen LogP contribution in [0.25, 0.3) is 11.3 Å². The number of para-hydroxylation sites is 1. The van der Waals surface area contributed by atoms with Crippen LogP contribution in [0.1, 0.15) is 16.1 Å². The van der Waals surface area contributed by atoms with Crippen LogP contribution in [0.5, 0.6) is 5.75 Å². The van der Waals surface area contributed by atoms with E-state index in [0.29, 0.717) is 17.0 Å². The Morgan fingerprint density at radius 3 is 2.73 bits per heavy atom. The molecule has 3 aromatic rings. The molecule has 0 aliphatic carbocycles. The first-order valence-corrected chi connectivity index (χ1v) is 7.61. The van der Waals surface area contributed by atoms with Gasteiger partial charge in [-0.15, -0.1) is 0 Å². The van der Waals surface area contributed by atoms with Crippen molar-refractivity contribution in [3.05, 3.63) is 68.7 Å². The molecule has 0 spiro atoms. The predicted molar refractivity (Wildman–Crippen MR) is 92.1 cm³/mol. The number of rotatable bonds is 5. The molecule has 9 nitrogen and oxygen atoms in total. The van der Waals surface area contributed by atoms with E-state index in [1.807, 2.05) is 12.1 Å². The number of methoxy groups -OCH3 is 1. The highest BCUT2D eigenvalue weighted by Crippen LogP contribution is 2.28. The van der Waals surface area contributed by atoms with Crippen molar-refractivity contribution < 1.29 is 14.1 Å². The lowest BCUT2D eigenvalue weighted by Gasteiger charge is -2.07. The maximum Gasteiger partial charge on any atom is 0.331 e. The number of amides is 1. The second-order valence-electron chi connectivity index (χ2n) is 5.57. The first kappa shape index (κ1) is 17.2. The molecule has 0 bridgehead atoms. The fourth-order valence-corrected chi connectivity index (χ4v) is 2.56. The summed E-state index contributed by atoms with van der Waals surface area (Å²) < 4.78 is 12.5. The number of primary amides is 1. The molecule has 2 heterocycles. The number of nitrogens with two attached hydrogens (primary N) is 1. The van der Waals surface area contributed by atoms with Gasteiger partial charge in [-0.1, -0.05) is 17.3 Å². The Hall–Kier alpha value is -3.62. The van der Waals surface area contributed by atoms with E-state index in [4.69, 9.17) is 15.0 Å². The molecule has 0 unspecified atom stereocenters. The highest BCUT2D eigenvalue weighted by molar-refractivity contribution is 5.92. The summed E-state index contributed by atoms with van der Waals surface area (Å²) in [6, 6.07) is 8.82. The second kappa shape index (κ2) is 6.71. The summed E-state index contributed by atoms with van der Waals surface area (Å²) in [5, 5.41) is 3.96. The van der Waals surface area contributed by atoms with Gasteiger partial charge in [-0.2, -0.15) is 0 Å². The molecule has 2 aromatic heterocycles. The summed E-state index contributed by atoms with van der Waals surface area (Å²) in [6.07, 6.45) is 1.12. The minimum atomic E-state index is -0.911. The van der Waals surface area contributed by atoms with E-state index in [-0.39, 0.29) is 17.9 Å². The van der Waals surface area contributed by atoms with E-state index < -0.39 is 17.2 Å². The molecule has 0 aliphatic rings. The number of hydrogen-bond acceptors (Lipinski definition) is 6. The molecule has 0 saturated heterocycles. The minimum Gasteiger partial charge on any atom is -0.496 e. The van der Waals surface area contributed by atoms with Gasteiger partial charge < -0.3 is 19.6 Å². The zero-order valence-electron chi connectivity index (χ0n) is 14.1. The summed E-state index contributed by atoms with van der Waals surface area (Å²) in [5.74, 6) is -0.0329. The Kier molecular flexibility index (Phi) is 4.44. The number of nitrogens with zero attached hydrogens (tertiary/aromatic N) is 3. The quantitative estimate of drug-likeness (QED) is 0.704. The highest BCUT2D eigenvalue weighted by atomic mass is 16.5. The lowest BCUT2D eigenvalue weighted by atomic mass is 10.1. The first-order chi connectivity index (χ1) is 12.4. The lowest BCUT2D eigenvalue weighted by molar-refractivity contribution is 0.0997. The number of aryl methyl sites for hydroxylation is 1. The summed E-state index contributed by atoms with van der Waals surface area (Å²) in [7, 11) is 2.96. The van der Waals surface area contributed by atoms with E-state index in [2.05, 4.69) is 5.16 Å². The van der Waals surface area contributed by atoms with Crippen LogP contribution in [0.2, 0.25) is 0 Å². The van der Waals surface area contributed by atoms with Crippen LogP contribution in [0.15, 0.2) is 50.6 Å². The normalized spacial score (nSPS) is 10.7. The Morgan fingerprint density at radius 1 is 1.31 bits per heavy atom. The average Bonchev–Trinajstić information content (AvgIpc) is 3.10. The molecular formula is C17H16N4O5. The van der Waals surface area contributed by atoms with Crippen LogP contribution >= 0.6 is 0 Å². The highest BCUT2D eigenvalue weighted by Gasteiger charge is 2.17. The second-order valence-corrected chi connectivity index (χ2v) is 5.57. The van der Waals surface area contributed by atoms with E-state index in [1.54, 1.807) is 25.3 Å². The molecule has 0 atom stereocenters. The largest absolute Gasteiger partial charge is 0.496 e. The van der Waals surface area contributed by atoms with Gasteiger partial charge in [0.25, 0.3) is 11.5 Å². The maximum absolute atomic E-state index is 12.3. The maximum atomic E-state index is 12.3. The predicted octanol–water partition coefficient (Wildman–Crippen LogP) is 0.358. The van der Waals surface area contributed by atoms with Gasteiger partial charge in [0.2, 0.25) is 0 Å². The standard InChI is InChI=1S/C17H16N4O5/c1-20-9-12(15(18)22)16(23)21(17(20)24)8-10-7-13(19-26-10)11-5-3-4-6-14(11)25-2/h3-7,9H,8H2,1-2H3,(H2,18,22). The molecule has 2 N–H and O–H groups in total. The molecule has 1 amide bonds. The fourth-order valence-electron chi connectivity index (χ4n) is 2.56. The van der Waals surface area contributed by atoms with Gasteiger partial charge in [0.15, 0.2) is 5.76 Å². The Labute approximate surface area is 147 Å². The van der Waals surface area contributed by atoms with Crippen molar-refractivity contribution in [3.63, 3.8) is 0 Å². The number of carbonyl (C=O) groups is 1. The molecule has 0 radical (unpaired) electrons. The Balaban J connectivity index is 2.02. The van der Waals surface area contributed by atoms with Crippen LogP contribution in [-0.4, -0.2) is 27.3 Å². The van der Waals surface area contributed by atoms with Crippen LogP contribution in [0.3, 0.4) is 0 Å². The zero-order chi connectivity index (χ0) is 18.8. The monoisotopic (exact) mass is 356 g/mol. The Morgan fingerprint density at radius 2 is 2.04 bits per heavy atom. The summed E-state index contributed by atoms with van der Waals surface area (Å²) in [6.45, 7) is -0.186. The van der Waals surface area contributed by atoms with Crippen LogP contribution in [-0.2, 0) is 13.6 Å². The minimum absolute atomic E-state index is 0.186. The van der Waals surface area contributed by atoms with E-state index in [1.165, 1.54) is 7.05 Å². The third-order valence-electron chi connectivity index (χ3n) is 3.85. The van der Waals surface area contributed by atoms with E-state index in [0.717, 1.165) is 15.3 Å². The van der Waals surface area contributed by atoms with Gasteiger partial charge in [0.05, 0.1) is 13.7 Å². The SMILES string of the molecule is COc1ccccc1-c1cc(Cn2c(=O)c(C(N)=O)cn(C)c2=O)on1. The number of aromatic nitrogens is 3. The zero-order valence-corrected chi connectivity index (χ0v) is 14.1. The molecule has 0 aliphatic heterocycles. The summed E-state index contributed by atoms with van der Waals surface area (Å²) in [4.78, 5) is 36.0. The third kappa shape index (κ3) is 3.02. The van der Waals surface area contributed by atoms with Gasteiger partial charge in [0.1, 0.15) is 17.0 Å². The van der Waals surface area contributed by atoms with Crippen molar-refractivity contribution in [2.45, 2.75) is 6.54 Å². The van der Waals surface area contributed by atoms with E-state index >= 15 is 0 Å². The molecule has 0 saturated carbocycles. The van der Waals surface area contributed by atoms with E-state index in [9.17, 15) is 14.4 Å². The van der Waals surface area contributed by atoms with Crippen LogP contribution in [0, 0.1) is 0 Å². The number of carbonyl (C=O) groups excluding carboxylic acids is 1. The smallest absolute Gasteiger partial charge is 0.331 e. The summed E-state index contributed by atoms with van der Waals surface area (Å²) in [5.41, 5.74) is 4.72. The van der Waals surface area contributed by atoms with Crippen LogP contribution in [0.4, 0.5) is 0 Å². The van der Waals surface area contributed by atoms with Crippen molar-refractivity contribution in [2.75, 3.05) is 7.11 Å². The van der Waals surface area contributed by atoms with Gasteiger partial charge >= 0.3 is 5.69 Å². The molecular weight excluding hydrogens is 340 g/mol. The number of ether oxygens (including phenoxy) is 1. The van der Waals surface area contributed by atoms with Crippen molar-refractivity contribution in [1.82, 2.24) is 14.3 Å². The van der Waals surface area contributed by atoms with Crippen molar-refractivity contribution in [1.29, 1.82) is 0 Å². The molecule has 3 rings (SSSR count). The fraction of sp³-hybridized carbons (Fsp3) is 0.176. The Bertz CT molecular complexity index is 1090. The number of benzene rings is 1. The molecule has 1 aromatic carbocycles. The molecule has 0 fully saturated rings. The van der Waals surface area contributed by atoms with Crippen LogP contribution < -0.4 is 21.7 Å². The van der Waals surface area contributed by atoms with Crippen molar-refractivity contribution >= 4 is 5.91 Å². The first-order valence-electron chi connectivity index (χ1n) is 7.61. The van der Waals surface area contributed by atoms with Gasteiger partial charge in [-0.25, -0.2) is 4.79 Å². The molecule has 26 heavy (non-hydrogen) atoms. The van der Waals surface area contributed by atoms with Gasteiger partial charge in [0, 0.05) is 24.9 Å². The molecule has 134 valence electrons. The topological polar surface area (TPSA) is 122 Å². The summed E-state index contributed by atoms with van der Waals surface area (Å²) >= 11 is 0. The number of hydrogen-bond donors (Lipinski definition) is 1. The lowest BCUT2D eigenvalue weighted by Crippen LogP contribution is -2.42. The van der Waals surface area contributed by atoms with Gasteiger partial charge in [-0.05, 0) is 12.1 Å². The average molecular weight is 356 g/mol.